The van der Waals surface area contributed by atoms with Crippen LogP contribution in [0.15, 0.2) is 12.1 Å². The molecule has 7 heteroatoms. The van der Waals surface area contributed by atoms with Crippen molar-refractivity contribution in [3.63, 3.8) is 0 Å². The lowest BCUT2D eigenvalue weighted by Gasteiger charge is -2.17. The van der Waals surface area contributed by atoms with Crippen LogP contribution in [0.5, 0.6) is 17.2 Å². The Morgan fingerprint density at radius 2 is 2.25 bits per heavy atom. The molecule has 110 valence electrons. The third-order valence-corrected chi connectivity index (χ3v) is 2.95. The first kappa shape index (κ1) is 14.4. The Balaban J connectivity index is 2.26. The van der Waals surface area contributed by atoms with Crippen molar-refractivity contribution in [1.82, 2.24) is 5.32 Å². The number of benzene rings is 1. The molecule has 20 heavy (non-hydrogen) atoms. The van der Waals surface area contributed by atoms with Crippen LogP contribution in [0.2, 0.25) is 0 Å². The van der Waals surface area contributed by atoms with Crippen LogP contribution in [-0.4, -0.2) is 40.1 Å². The highest BCUT2D eigenvalue weighted by Gasteiger charge is 2.25. The zero-order valence-electron chi connectivity index (χ0n) is 11.5. The molecule has 0 aliphatic carbocycles. The summed E-state index contributed by atoms with van der Waals surface area (Å²) in [5.41, 5.74) is 6.09. The molecule has 1 aromatic carbocycles. The SMILES string of the molecule is COCCNC(C(N)=O)c1cc(OC)c2c(c1)OCO2. The van der Waals surface area contributed by atoms with Gasteiger partial charge in [0.25, 0.3) is 0 Å². The molecule has 3 N–H and O–H groups in total. The van der Waals surface area contributed by atoms with Crippen LogP contribution in [0.25, 0.3) is 0 Å². The lowest BCUT2D eigenvalue weighted by atomic mass is 10.0. The van der Waals surface area contributed by atoms with Crippen molar-refractivity contribution in [3.05, 3.63) is 17.7 Å². The van der Waals surface area contributed by atoms with E-state index in [-0.39, 0.29) is 6.79 Å². The normalized spacial score (nSPS) is 14.1. The topological polar surface area (TPSA) is 92.0 Å². The molecule has 1 heterocycles. The average Bonchev–Trinajstić information content (AvgIpc) is 2.90. The molecule has 0 aromatic heterocycles. The molecule has 1 aliphatic heterocycles. The number of hydrogen-bond acceptors (Lipinski definition) is 6. The molecule has 1 amide bonds. The lowest BCUT2D eigenvalue weighted by Crippen LogP contribution is -2.35. The molecule has 1 aromatic rings. The Labute approximate surface area is 116 Å². The zero-order valence-corrected chi connectivity index (χ0v) is 11.5. The molecular formula is C13H18N2O5. The molecule has 1 atom stereocenters. The van der Waals surface area contributed by atoms with E-state index >= 15 is 0 Å². The number of carbonyl (C=O) groups is 1. The summed E-state index contributed by atoms with van der Waals surface area (Å²) < 4.78 is 20.8. The number of rotatable bonds is 7. The van der Waals surface area contributed by atoms with E-state index in [0.717, 1.165) is 0 Å². The first-order valence-electron chi connectivity index (χ1n) is 6.16. The summed E-state index contributed by atoms with van der Waals surface area (Å²) in [5, 5.41) is 3.03. The maximum absolute atomic E-state index is 11.6. The summed E-state index contributed by atoms with van der Waals surface area (Å²) in [7, 11) is 3.11. The number of nitrogens with two attached hydrogens (primary N) is 1. The number of hydrogen-bond donors (Lipinski definition) is 2. The Bertz CT molecular complexity index is 492. The number of fused-ring (bicyclic) bond motifs is 1. The van der Waals surface area contributed by atoms with Crippen LogP contribution >= 0.6 is 0 Å². The van der Waals surface area contributed by atoms with Gasteiger partial charge in [0.1, 0.15) is 6.04 Å². The van der Waals surface area contributed by atoms with Crippen molar-refractivity contribution in [1.29, 1.82) is 0 Å². The molecule has 0 bridgehead atoms. The summed E-state index contributed by atoms with van der Waals surface area (Å²) >= 11 is 0. The quantitative estimate of drug-likeness (QED) is 0.693. The number of primary amides is 1. The van der Waals surface area contributed by atoms with Gasteiger partial charge in [-0.2, -0.15) is 0 Å². The molecule has 7 nitrogen and oxygen atoms in total. The molecular weight excluding hydrogens is 264 g/mol. The molecule has 0 saturated carbocycles. The van der Waals surface area contributed by atoms with Gasteiger partial charge in [0.15, 0.2) is 11.5 Å². The fourth-order valence-electron chi connectivity index (χ4n) is 2.00. The minimum absolute atomic E-state index is 0.132. The molecule has 1 unspecified atom stereocenters. The monoisotopic (exact) mass is 282 g/mol. The first-order chi connectivity index (χ1) is 9.67. The predicted molar refractivity (Wildman–Crippen MR) is 70.9 cm³/mol. The predicted octanol–water partition coefficient (Wildman–Crippen LogP) is 0.186. The Morgan fingerprint density at radius 3 is 2.90 bits per heavy atom. The van der Waals surface area contributed by atoms with E-state index in [9.17, 15) is 4.79 Å². The van der Waals surface area contributed by atoms with Gasteiger partial charge >= 0.3 is 0 Å². The van der Waals surface area contributed by atoms with Crippen LogP contribution in [-0.2, 0) is 9.53 Å². The van der Waals surface area contributed by atoms with Gasteiger partial charge in [0.05, 0.1) is 13.7 Å². The summed E-state index contributed by atoms with van der Waals surface area (Å²) in [4.78, 5) is 11.6. The van der Waals surface area contributed by atoms with Gasteiger partial charge in [-0.15, -0.1) is 0 Å². The Morgan fingerprint density at radius 1 is 1.45 bits per heavy atom. The third kappa shape index (κ3) is 2.94. The number of methoxy groups -OCH3 is 2. The summed E-state index contributed by atoms with van der Waals surface area (Å²) in [5.74, 6) is 1.10. The number of amides is 1. The fraction of sp³-hybridized carbons (Fsp3) is 0.462. The smallest absolute Gasteiger partial charge is 0.239 e. The van der Waals surface area contributed by atoms with Crippen molar-refractivity contribution in [3.8, 4) is 17.2 Å². The summed E-state index contributed by atoms with van der Waals surface area (Å²) in [6.07, 6.45) is 0. The second-order valence-electron chi connectivity index (χ2n) is 4.24. The van der Waals surface area contributed by atoms with E-state index in [0.29, 0.717) is 36.0 Å². The molecule has 0 spiro atoms. The standard InChI is InChI=1S/C13H18N2O5/c1-17-4-3-15-11(13(14)16)8-5-9(18-2)12-10(6-8)19-7-20-12/h5-6,11,15H,3-4,7H2,1-2H3,(H2,14,16). The van der Waals surface area contributed by atoms with Gasteiger partial charge in [-0.3, -0.25) is 10.1 Å². The highest BCUT2D eigenvalue weighted by atomic mass is 16.7. The first-order valence-corrected chi connectivity index (χ1v) is 6.16. The second kappa shape index (κ2) is 6.44. The van der Waals surface area contributed by atoms with Crippen molar-refractivity contribution in [2.24, 2.45) is 5.73 Å². The van der Waals surface area contributed by atoms with E-state index in [1.54, 1.807) is 19.2 Å². The Hall–Kier alpha value is -1.99. The van der Waals surface area contributed by atoms with Crippen LogP contribution < -0.4 is 25.3 Å². The second-order valence-corrected chi connectivity index (χ2v) is 4.24. The van der Waals surface area contributed by atoms with E-state index in [1.807, 2.05) is 0 Å². The van der Waals surface area contributed by atoms with Crippen molar-refractivity contribution in [2.75, 3.05) is 34.2 Å². The van der Waals surface area contributed by atoms with Crippen molar-refractivity contribution >= 4 is 5.91 Å². The highest BCUT2D eigenvalue weighted by Crippen LogP contribution is 2.42. The van der Waals surface area contributed by atoms with Crippen LogP contribution in [0.4, 0.5) is 0 Å². The fourth-order valence-corrected chi connectivity index (χ4v) is 2.00. The van der Waals surface area contributed by atoms with Crippen LogP contribution in [0.3, 0.4) is 0 Å². The summed E-state index contributed by atoms with van der Waals surface area (Å²) in [6.45, 7) is 1.11. The van der Waals surface area contributed by atoms with Gasteiger partial charge in [0.2, 0.25) is 18.4 Å². The lowest BCUT2D eigenvalue weighted by molar-refractivity contribution is -0.120. The average molecular weight is 282 g/mol. The minimum Gasteiger partial charge on any atom is -0.493 e. The maximum Gasteiger partial charge on any atom is 0.239 e. The minimum atomic E-state index is -0.645. The van der Waals surface area contributed by atoms with Gasteiger partial charge in [0, 0.05) is 13.7 Å². The van der Waals surface area contributed by atoms with Gasteiger partial charge in [-0.1, -0.05) is 0 Å². The maximum atomic E-state index is 11.6. The molecule has 0 fully saturated rings. The van der Waals surface area contributed by atoms with E-state index < -0.39 is 11.9 Å². The summed E-state index contributed by atoms with van der Waals surface area (Å²) in [6, 6.07) is 2.79. The van der Waals surface area contributed by atoms with Crippen LogP contribution in [0.1, 0.15) is 11.6 Å². The molecule has 2 rings (SSSR count). The largest absolute Gasteiger partial charge is 0.493 e. The highest BCUT2D eigenvalue weighted by molar-refractivity contribution is 5.82. The number of ether oxygens (including phenoxy) is 4. The van der Waals surface area contributed by atoms with E-state index in [1.165, 1.54) is 7.11 Å². The van der Waals surface area contributed by atoms with Crippen LogP contribution in [0, 0.1) is 0 Å². The molecule has 1 aliphatic rings. The molecule has 0 saturated heterocycles. The van der Waals surface area contributed by atoms with Gasteiger partial charge in [-0.25, -0.2) is 0 Å². The Kier molecular flexibility index (Phi) is 4.65. The van der Waals surface area contributed by atoms with E-state index in [2.05, 4.69) is 5.32 Å². The third-order valence-electron chi connectivity index (χ3n) is 2.95. The van der Waals surface area contributed by atoms with Gasteiger partial charge in [-0.05, 0) is 17.7 Å². The van der Waals surface area contributed by atoms with E-state index in [4.69, 9.17) is 24.7 Å². The molecule has 0 radical (unpaired) electrons. The van der Waals surface area contributed by atoms with Crippen molar-refractivity contribution in [2.45, 2.75) is 6.04 Å². The zero-order chi connectivity index (χ0) is 14.5. The number of nitrogens with one attached hydrogen (secondary N) is 1. The number of carbonyl (C=O) groups excluding carboxylic acids is 1. The van der Waals surface area contributed by atoms with Crippen molar-refractivity contribution < 1.29 is 23.7 Å². The van der Waals surface area contributed by atoms with Gasteiger partial charge < -0.3 is 24.7 Å².